The summed E-state index contributed by atoms with van der Waals surface area (Å²) in [6.07, 6.45) is 0.815. The van der Waals surface area contributed by atoms with Crippen molar-refractivity contribution in [3.05, 3.63) is 59.9 Å². The lowest BCUT2D eigenvalue weighted by Gasteiger charge is -2.33. The first kappa shape index (κ1) is 18.1. The number of halogens is 1. The third kappa shape index (κ3) is 3.06. The minimum atomic E-state index is -0.362. The number of rotatable bonds is 3. The maximum atomic E-state index is 13.9. The minimum Gasteiger partial charge on any atom is -0.489 e. The Balaban J connectivity index is 1.56. The average molecular weight is 395 g/mol. The van der Waals surface area contributed by atoms with Gasteiger partial charge >= 0.3 is 0 Å². The van der Waals surface area contributed by atoms with E-state index in [4.69, 9.17) is 14.6 Å². The summed E-state index contributed by atoms with van der Waals surface area (Å²) < 4.78 is 25.3. The van der Waals surface area contributed by atoms with Crippen LogP contribution in [0.1, 0.15) is 17.9 Å². The molecule has 3 aliphatic heterocycles. The van der Waals surface area contributed by atoms with E-state index >= 15 is 0 Å². The van der Waals surface area contributed by atoms with E-state index in [1.54, 1.807) is 23.0 Å². The zero-order chi connectivity index (χ0) is 20.0. The Bertz CT molecular complexity index is 959. The lowest BCUT2D eigenvalue weighted by atomic mass is 9.87. The molecule has 1 saturated heterocycles. The van der Waals surface area contributed by atoms with E-state index in [0.717, 1.165) is 12.0 Å². The molecular weight excluding hydrogens is 373 g/mol. The molecule has 150 valence electrons. The van der Waals surface area contributed by atoms with Crippen LogP contribution in [0.15, 0.2) is 53.6 Å². The lowest BCUT2D eigenvalue weighted by Crippen LogP contribution is -2.45. The fourth-order valence-electron chi connectivity index (χ4n) is 4.33. The number of nitrogens with zero attached hydrogens (tertiary/aromatic N) is 3. The first-order valence-corrected chi connectivity index (χ1v) is 9.83. The third-order valence-corrected chi connectivity index (χ3v) is 5.94. The number of hydrazone groups is 1. The Morgan fingerprint density at radius 2 is 2.03 bits per heavy atom. The van der Waals surface area contributed by atoms with Gasteiger partial charge in [0.25, 0.3) is 5.91 Å². The Labute approximate surface area is 168 Å². The topological polar surface area (TPSA) is 54.4 Å². The van der Waals surface area contributed by atoms with Crippen LogP contribution >= 0.6 is 0 Å². The van der Waals surface area contributed by atoms with Crippen LogP contribution in [0.3, 0.4) is 0 Å². The SMILES string of the molecule is CN(C(=O)C1=NN2c3cc(F)ccc3OC[C@H]2[C@H]1c1ccccc1)C1CCOC1. The van der Waals surface area contributed by atoms with Gasteiger partial charge in [0.05, 0.1) is 24.6 Å². The molecule has 6 nitrogen and oxygen atoms in total. The summed E-state index contributed by atoms with van der Waals surface area (Å²) in [6.45, 7) is 1.57. The third-order valence-electron chi connectivity index (χ3n) is 5.94. The van der Waals surface area contributed by atoms with Crippen LogP contribution in [0.4, 0.5) is 10.1 Å². The Morgan fingerprint density at radius 3 is 2.79 bits per heavy atom. The zero-order valence-corrected chi connectivity index (χ0v) is 16.1. The molecule has 1 fully saturated rings. The van der Waals surface area contributed by atoms with Crippen LogP contribution < -0.4 is 9.75 Å². The highest BCUT2D eigenvalue weighted by atomic mass is 19.1. The maximum Gasteiger partial charge on any atom is 0.270 e. The molecule has 0 aliphatic carbocycles. The van der Waals surface area contributed by atoms with Gasteiger partial charge in [-0.1, -0.05) is 30.3 Å². The highest BCUT2D eigenvalue weighted by molar-refractivity contribution is 6.42. The van der Waals surface area contributed by atoms with Gasteiger partial charge in [-0.3, -0.25) is 9.80 Å². The molecule has 7 heteroatoms. The van der Waals surface area contributed by atoms with Crippen molar-refractivity contribution in [1.82, 2.24) is 4.90 Å². The predicted molar refractivity (Wildman–Crippen MR) is 107 cm³/mol. The molecule has 5 rings (SSSR count). The number of carbonyl (C=O) groups is 1. The van der Waals surface area contributed by atoms with Crippen molar-refractivity contribution in [2.75, 3.05) is 31.9 Å². The van der Waals surface area contributed by atoms with E-state index in [2.05, 4.69) is 0 Å². The molecule has 0 saturated carbocycles. The van der Waals surface area contributed by atoms with Gasteiger partial charge in [-0.15, -0.1) is 0 Å². The molecule has 2 aromatic carbocycles. The standard InChI is InChI=1S/C22H22FN3O3/c1-25(16-9-10-28-12-16)22(27)21-20(14-5-3-2-4-6-14)18-13-29-19-8-7-15(23)11-17(19)26(18)24-21/h2-8,11,16,18,20H,9-10,12-13H2,1H3/t16?,18-,20+/m0/s1. The summed E-state index contributed by atoms with van der Waals surface area (Å²) in [5, 5.41) is 6.47. The van der Waals surface area contributed by atoms with Crippen molar-refractivity contribution in [1.29, 1.82) is 0 Å². The van der Waals surface area contributed by atoms with Gasteiger partial charge in [-0.25, -0.2) is 4.39 Å². The molecule has 3 heterocycles. The molecule has 29 heavy (non-hydrogen) atoms. The van der Waals surface area contributed by atoms with E-state index in [9.17, 15) is 9.18 Å². The number of anilines is 1. The quantitative estimate of drug-likeness (QED) is 0.802. The Kier molecular flexibility index (Phi) is 4.47. The van der Waals surface area contributed by atoms with Crippen molar-refractivity contribution in [3.63, 3.8) is 0 Å². The molecule has 0 bridgehead atoms. The van der Waals surface area contributed by atoms with Crippen LogP contribution in [-0.2, 0) is 9.53 Å². The van der Waals surface area contributed by atoms with Gasteiger partial charge in [0, 0.05) is 19.7 Å². The van der Waals surface area contributed by atoms with Crippen LogP contribution in [-0.4, -0.2) is 55.5 Å². The average Bonchev–Trinajstić information content (AvgIpc) is 3.41. The van der Waals surface area contributed by atoms with E-state index in [-0.39, 0.29) is 29.7 Å². The molecular formula is C22H22FN3O3. The first-order chi connectivity index (χ1) is 14.1. The Hall–Kier alpha value is -2.93. The van der Waals surface area contributed by atoms with Crippen LogP contribution in [0.2, 0.25) is 0 Å². The number of amides is 1. The number of benzene rings is 2. The molecule has 3 atom stereocenters. The lowest BCUT2D eigenvalue weighted by molar-refractivity contribution is -0.125. The normalized spacial score (nSPS) is 25.1. The van der Waals surface area contributed by atoms with Gasteiger partial charge < -0.3 is 14.4 Å². The molecule has 1 unspecified atom stereocenters. The molecule has 2 aromatic rings. The van der Waals surface area contributed by atoms with Crippen LogP contribution in [0, 0.1) is 5.82 Å². The van der Waals surface area contributed by atoms with Crippen LogP contribution in [0.25, 0.3) is 0 Å². The maximum absolute atomic E-state index is 13.9. The highest BCUT2D eigenvalue weighted by Gasteiger charge is 2.46. The minimum absolute atomic E-state index is 0.0419. The number of likely N-dealkylation sites (N-methyl/N-ethyl adjacent to an activating group) is 1. The zero-order valence-electron chi connectivity index (χ0n) is 16.1. The van der Waals surface area contributed by atoms with E-state index in [1.165, 1.54) is 12.1 Å². The first-order valence-electron chi connectivity index (χ1n) is 9.83. The number of carbonyl (C=O) groups excluding carboxylic acids is 1. The molecule has 0 N–H and O–H groups in total. The van der Waals surface area contributed by atoms with Gasteiger partial charge in [0.15, 0.2) is 0 Å². The van der Waals surface area contributed by atoms with Crippen molar-refractivity contribution in [3.8, 4) is 5.75 Å². The summed E-state index contributed by atoms with van der Waals surface area (Å²) in [5.74, 6) is -0.171. The van der Waals surface area contributed by atoms with Crippen molar-refractivity contribution < 1.29 is 18.7 Å². The van der Waals surface area contributed by atoms with Gasteiger partial charge in [-0.05, 0) is 24.1 Å². The van der Waals surface area contributed by atoms with Gasteiger partial charge in [0.1, 0.15) is 29.6 Å². The number of ether oxygens (including phenoxy) is 2. The van der Waals surface area contributed by atoms with Crippen molar-refractivity contribution in [2.24, 2.45) is 5.10 Å². The summed E-state index contributed by atoms with van der Waals surface area (Å²) >= 11 is 0. The van der Waals surface area contributed by atoms with Crippen molar-refractivity contribution in [2.45, 2.75) is 24.4 Å². The summed E-state index contributed by atoms with van der Waals surface area (Å²) in [5.41, 5.74) is 2.00. The monoisotopic (exact) mass is 395 g/mol. The van der Waals surface area contributed by atoms with Crippen LogP contribution in [0.5, 0.6) is 5.75 Å². The van der Waals surface area contributed by atoms with Gasteiger partial charge in [-0.2, -0.15) is 5.10 Å². The van der Waals surface area contributed by atoms with E-state index < -0.39 is 0 Å². The summed E-state index contributed by atoms with van der Waals surface area (Å²) in [4.78, 5) is 15.2. The van der Waals surface area contributed by atoms with E-state index in [0.29, 0.717) is 37.0 Å². The molecule has 0 spiro atoms. The second-order valence-electron chi connectivity index (χ2n) is 7.64. The number of hydrogen-bond acceptors (Lipinski definition) is 5. The smallest absolute Gasteiger partial charge is 0.270 e. The Morgan fingerprint density at radius 1 is 1.21 bits per heavy atom. The number of hydrogen-bond donors (Lipinski definition) is 0. The van der Waals surface area contributed by atoms with Crippen molar-refractivity contribution >= 4 is 17.3 Å². The fourth-order valence-corrected chi connectivity index (χ4v) is 4.33. The molecule has 0 radical (unpaired) electrons. The summed E-state index contributed by atoms with van der Waals surface area (Å²) in [6, 6.07) is 14.1. The van der Waals surface area contributed by atoms with E-state index in [1.807, 2.05) is 30.3 Å². The molecule has 3 aliphatic rings. The predicted octanol–water partition coefficient (Wildman–Crippen LogP) is 2.79. The fraction of sp³-hybridized carbons (Fsp3) is 0.364. The second-order valence-corrected chi connectivity index (χ2v) is 7.64. The summed E-state index contributed by atoms with van der Waals surface area (Å²) in [7, 11) is 1.80. The number of fused-ring (bicyclic) bond motifs is 3. The van der Waals surface area contributed by atoms with Gasteiger partial charge in [0.2, 0.25) is 0 Å². The highest BCUT2D eigenvalue weighted by Crippen LogP contribution is 2.43. The second kappa shape index (κ2) is 7.15. The molecule has 1 amide bonds. The largest absolute Gasteiger partial charge is 0.489 e. The molecule has 0 aromatic heterocycles.